The largest absolute Gasteiger partial charge is 0.475 e. The number of sulfonamides is 1. The predicted molar refractivity (Wildman–Crippen MR) is 140 cm³/mol. The summed E-state index contributed by atoms with van der Waals surface area (Å²) in [5.74, 6) is -0.751. The first-order valence-electron chi connectivity index (χ1n) is 11.9. The summed E-state index contributed by atoms with van der Waals surface area (Å²) < 4.78 is 39.8. The summed E-state index contributed by atoms with van der Waals surface area (Å²) in [6, 6.07) is 19.6. The van der Waals surface area contributed by atoms with Crippen molar-refractivity contribution in [2.75, 3.05) is 25.1 Å². The van der Waals surface area contributed by atoms with E-state index in [4.69, 9.17) is 9.47 Å². The molecule has 0 spiro atoms. The van der Waals surface area contributed by atoms with E-state index in [9.17, 15) is 18.0 Å². The lowest BCUT2D eigenvalue weighted by molar-refractivity contribution is -0.148. The zero-order chi connectivity index (χ0) is 26.7. The van der Waals surface area contributed by atoms with E-state index in [-0.39, 0.29) is 18.0 Å². The van der Waals surface area contributed by atoms with Gasteiger partial charge in [0.05, 0.1) is 30.8 Å². The van der Waals surface area contributed by atoms with Gasteiger partial charge in [-0.3, -0.25) is 4.79 Å². The molecule has 37 heavy (non-hydrogen) atoms. The van der Waals surface area contributed by atoms with E-state index in [1.54, 1.807) is 38.1 Å². The highest BCUT2D eigenvalue weighted by molar-refractivity contribution is 7.89. The molecule has 0 radical (unpaired) electrons. The van der Waals surface area contributed by atoms with E-state index >= 15 is 0 Å². The SMILES string of the molecule is COC(=O)C1CN(C(=O)CN(Cc2ccccc2)S(=O)(=O)c2c(C)cc(C)cc2C)c2ccccc2O1. The van der Waals surface area contributed by atoms with Gasteiger partial charge in [0.25, 0.3) is 0 Å². The number of benzene rings is 3. The summed E-state index contributed by atoms with van der Waals surface area (Å²) in [5.41, 5.74) is 3.40. The summed E-state index contributed by atoms with van der Waals surface area (Å²) in [7, 11) is -2.81. The number of carbonyl (C=O) groups is 2. The maximum atomic E-state index is 14.0. The van der Waals surface area contributed by atoms with Gasteiger partial charge in [-0.1, -0.05) is 60.2 Å². The first-order chi connectivity index (χ1) is 17.6. The molecule has 0 aliphatic carbocycles. The Balaban J connectivity index is 1.73. The van der Waals surface area contributed by atoms with Crippen LogP contribution in [-0.2, 0) is 30.9 Å². The standard InChI is InChI=1S/C28H30N2O6S/c1-19-14-20(2)27(21(3)15-19)37(33,34)29(16-22-10-6-5-7-11-22)18-26(31)30-17-25(28(32)35-4)36-24-13-9-8-12-23(24)30/h5-15,25H,16-18H2,1-4H3. The fraction of sp³-hybridized carbons (Fsp3) is 0.286. The molecule has 8 nitrogen and oxygen atoms in total. The van der Waals surface area contributed by atoms with Crippen molar-refractivity contribution < 1.29 is 27.5 Å². The fourth-order valence-electron chi connectivity index (χ4n) is 4.68. The number of ether oxygens (including phenoxy) is 2. The van der Waals surface area contributed by atoms with Crippen LogP contribution in [-0.4, -0.2) is 50.9 Å². The molecule has 1 aliphatic heterocycles. The van der Waals surface area contributed by atoms with Crippen LogP contribution in [0.15, 0.2) is 71.6 Å². The molecule has 1 aliphatic rings. The number of methoxy groups -OCH3 is 1. The Hall–Kier alpha value is -3.69. The van der Waals surface area contributed by atoms with Gasteiger partial charge in [-0.05, 0) is 49.6 Å². The molecule has 0 fully saturated rings. The maximum absolute atomic E-state index is 14.0. The van der Waals surface area contributed by atoms with E-state index in [0.717, 1.165) is 11.1 Å². The lowest BCUT2D eigenvalue weighted by atomic mass is 10.1. The van der Waals surface area contributed by atoms with Gasteiger partial charge in [-0.25, -0.2) is 13.2 Å². The minimum absolute atomic E-state index is 0.00802. The topological polar surface area (TPSA) is 93.2 Å². The Kier molecular flexibility index (Phi) is 7.65. The van der Waals surface area contributed by atoms with E-state index in [1.807, 2.05) is 49.4 Å². The summed E-state index contributed by atoms with van der Waals surface area (Å²) in [6.07, 6.45) is -1.02. The molecular formula is C28H30N2O6S. The van der Waals surface area contributed by atoms with Gasteiger partial charge < -0.3 is 14.4 Å². The number of aryl methyl sites for hydroxylation is 3. The van der Waals surface area contributed by atoms with Crippen molar-refractivity contribution in [1.29, 1.82) is 0 Å². The van der Waals surface area contributed by atoms with E-state index in [0.29, 0.717) is 22.6 Å². The molecule has 3 aromatic carbocycles. The van der Waals surface area contributed by atoms with Crippen molar-refractivity contribution in [3.05, 3.63) is 89.0 Å². The normalized spacial score (nSPS) is 15.2. The Morgan fingerprint density at radius 3 is 2.27 bits per heavy atom. The molecule has 0 saturated heterocycles. The molecule has 194 valence electrons. The van der Waals surface area contributed by atoms with Crippen LogP contribution in [0.1, 0.15) is 22.3 Å². The minimum Gasteiger partial charge on any atom is -0.475 e. The summed E-state index contributed by atoms with van der Waals surface area (Å²) in [6.45, 7) is 4.92. The molecule has 1 atom stereocenters. The number of fused-ring (bicyclic) bond motifs is 1. The summed E-state index contributed by atoms with van der Waals surface area (Å²) in [5, 5.41) is 0. The highest BCUT2D eigenvalue weighted by atomic mass is 32.2. The summed E-state index contributed by atoms with van der Waals surface area (Å²) in [4.78, 5) is 27.6. The fourth-order valence-corrected chi connectivity index (χ4v) is 6.47. The first kappa shape index (κ1) is 26.4. The van der Waals surface area contributed by atoms with Crippen molar-refractivity contribution in [3.63, 3.8) is 0 Å². The van der Waals surface area contributed by atoms with Gasteiger partial charge in [0.1, 0.15) is 5.75 Å². The van der Waals surface area contributed by atoms with Gasteiger partial charge in [0.15, 0.2) is 0 Å². The molecular weight excluding hydrogens is 492 g/mol. The average Bonchev–Trinajstić information content (AvgIpc) is 2.86. The zero-order valence-corrected chi connectivity index (χ0v) is 22.1. The molecule has 0 saturated carbocycles. The summed E-state index contributed by atoms with van der Waals surface area (Å²) >= 11 is 0. The Morgan fingerprint density at radius 2 is 1.62 bits per heavy atom. The third-order valence-corrected chi connectivity index (χ3v) is 8.35. The number of amides is 1. The van der Waals surface area contributed by atoms with Crippen molar-refractivity contribution in [3.8, 4) is 5.75 Å². The van der Waals surface area contributed by atoms with Gasteiger partial charge in [0.2, 0.25) is 22.0 Å². The number of anilines is 1. The average molecular weight is 523 g/mol. The second-order valence-electron chi connectivity index (χ2n) is 9.09. The number of hydrogen-bond acceptors (Lipinski definition) is 6. The first-order valence-corrected chi connectivity index (χ1v) is 13.3. The predicted octanol–water partition coefficient (Wildman–Crippen LogP) is 3.77. The molecule has 0 aromatic heterocycles. The van der Waals surface area contributed by atoms with Crippen LogP contribution < -0.4 is 9.64 Å². The zero-order valence-electron chi connectivity index (χ0n) is 21.3. The molecule has 1 heterocycles. The van der Waals surface area contributed by atoms with Gasteiger partial charge in [-0.2, -0.15) is 4.31 Å². The van der Waals surface area contributed by atoms with E-state index in [1.165, 1.54) is 16.3 Å². The van der Waals surface area contributed by atoms with E-state index in [2.05, 4.69) is 0 Å². The van der Waals surface area contributed by atoms with Crippen LogP contribution in [0.2, 0.25) is 0 Å². The van der Waals surface area contributed by atoms with Crippen molar-refractivity contribution in [2.45, 2.75) is 38.3 Å². The van der Waals surface area contributed by atoms with Crippen LogP contribution in [0, 0.1) is 20.8 Å². The molecule has 9 heteroatoms. The smallest absolute Gasteiger partial charge is 0.348 e. The number of carbonyl (C=O) groups excluding carboxylic acids is 2. The lowest BCUT2D eigenvalue weighted by Gasteiger charge is -2.35. The molecule has 4 rings (SSSR count). The second kappa shape index (κ2) is 10.7. The monoisotopic (exact) mass is 522 g/mol. The highest BCUT2D eigenvalue weighted by Gasteiger charge is 2.37. The van der Waals surface area contributed by atoms with Crippen molar-refractivity contribution >= 4 is 27.6 Å². The van der Waals surface area contributed by atoms with Crippen LogP contribution in [0.4, 0.5) is 5.69 Å². The minimum atomic E-state index is -4.06. The number of esters is 1. The second-order valence-corrected chi connectivity index (χ2v) is 11.0. The quantitative estimate of drug-likeness (QED) is 0.439. The number of nitrogens with zero attached hydrogens (tertiary/aromatic N) is 2. The molecule has 3 aromatic rings. The third kappa shape index (κ3) is 5.52. The van der Waals surface area contributed by atoms with Gasteiger partial charge >= 0.3 is 5.97 Å². The van der Waals surface area contributed by atoms with E-state index < -0.39 is 34.5 Å². The van der Waals surface area contributed by atoms with Crippen LogP contribution in [0.3, 0.4) is 0 Å². The molecule has 0 bridgehead atoms. The van der Waals surface area contributed by atoms with Crippen LogP contribution >= 0.6 is 0 Å². The van der Waals surface area contributed by atoms with Crippen molar-refractivity contribution in [1.82, 2.24) is 4.31 Å². The lowest BCUT2D eigenvalue weighted by Crippen LogP contribution is -2.50. The molecule has 1 unspecified atom stereocenters. The highest BCUT2D eigenvalue weighted by Crippen LogP contribution is 2.34. The Labute approximate surface area is 217 Å². The third-order valence-electron chi connectivity index (χ3n) is 6.25. The Bertz CT molecular complexity index is 1400. The number of rotatable bonds is 7. The maximum Gasteiger partial charge on any atom is 0.348 e. The van der Waals surface area contributed by atoms with Gasteiger partial charge in [0, 0.05) is 6.54 Å². The number of para-hydroxylation sites is 2. The number of hydrogen-bond donors (Lipinski definition) is 0. The molecule has 0 N–H and O–H groups in total. The Morgan fingerprint density at radius 1 is 1.00 bits per heavy atom. The molecule has 1 amide bonds. The van der Waals surface area contributed by atoms with Gasteiger partial charge in [-0.15, -0.1) is 0 Å². The van der Waals surface area contributed by atoms with Crippen molar-refractivity contribution in [2.24, 2.45) is 0 Å². The van der Waals surface area contributed by atoms with Crippen LogP contribution in [0.5, 0.6) is 5.75 Å². The van der Waals surface area contributed by atoms with Crippen LogP contribution in [0.25, 0.3) is 0 Å².